The van der Waals surface area contributed by atoms with Crippen LogP contribution in [0.15, 0.2) is 17.5 Å². The molecular weight excluding hydrogens is 262 g/mol. The van der Waals surface area contributed by atoms with Crippen molar-refractivity contribution in [3.8, 4) is 0 Å². The summed E-state index contributed by atoms with van der Waals surface area (Å²) in [5.74, 6) is -0.239. The average Bonchev–Trinajstić information content (AvgIpc) is 2.77. The van der Waals surface area contributed by atoms with Gasteiger partial charge in [0.25, 0.3) is 5.91 Å². The fourth-order valence-corrected chi connectivity index (χ4v) is 2.42. The van der Waals surface area contributed by atoms with Gasteiger partial charge in [-0.25, -0.2) is 4.98 Å². The molecule has 1 amide bonds. The lowest BCUT2D eigenvalue weighted by Crippen LogP contribution is -2.14. The van der Waals surface area contributed by atoms with Crippen LogP contribution in [-0.4, -0.2) is 21.0 Å². The molecule has 0 aliphatic rings. The number of hydrogen-bond acceptors (Lipinski definition) is 5. The van der Waals surface area contributed by atoms with E-state index in [1.807, 2.05) is 6.92 Å². The fraction of sp³-hybridized carbons (Fsp3) is 0.308. The van der Waals surface area contributed by atoms with Gasteiger partial charge in [-0.2, -0.15) is 0 Å². The summed E-state index contributed by atoms with van der Waals surface area (Å²) < 4.78 is 0. The van der Waals surface area contributed by atoms with E-state index in [1.165, 1.54) is 11.3 Å². The lowest BCUT2D eigenvalue weighted by Gasteiger charge is -2.05. The number of aliphatic hydroxyl groups excluding tert-OH is 1. The second-order valence-electron chi connectivity index (χ2n) is 4.29. The van der Waals surface area contributed by atoms with Crippen molar-refractivity contribution in [3.63, 3.8) is 0 Å². The van der Waals surface area contributed by atoms with E-state index in [9.17, 15) is 9.90 Å². The third-order valence-corrected chi connectivity index (χ3v) is 3.42. The van der Waals surface area contributed by atoms with Crippen molar-refractivity contribution in [3.05, 3.63) is 40.2 Å². The zero-order valence-electron chi connectivity index (χ0n) is 11.0. The highest BCUT2D eigenvalue weighted by atomic mass is 32.1. The van der Waals surface area contributed by atoms with Crippen LogP contribution in [0.1, 0.15) is 40.5 Å². The van der Waals surface area contributed by atoms with Crippen molar-refractivity contribution in [1.29, 1.82) is 0 Å². The molecule has 1 atom stereocenters. The first-order chi connectivity index (χ1) is 8.97. The van der Waals surface area contributed by atoms with Gasteiger partial charge >= 0.3 is 0 Å². The number of anilines is 1. The molecule has 0 saturated heterocycles. The number of aliphatic hydroxyl groups is 1. The van der Waals surface area contributed by atoms with Crippen LogP contribution in [0.4, 0.5) is 5.13 Å². The third kappa shape index (κ3) is 3.15. The summed E-state index contributed by atoms with van der Waals surface area (Å²) in [6.07, 6.45) is -0.635. The summed E-state index contributed by atoms with van der Waals surface area (Å²) in [7, 11) is 0. The Bertz CT molecular complexity index is 608. The molecule has 2 aromatic rings. The topological polar surface area (TPSA) is 75.1 Å². The first-order valence-corrected chi connectivity index (χ1v) is 6.74. The molecule has 0 saturated carbocycles. The quantitative estimate of drug-likeness (QED) is 0.903. The average molecular weight is 277 g/mol. The number of nitrogens with one attached hydrogen (secondary N) is 1. The van der Waals surface area contributed by atoms with Crippen LogP contribution in [0.2, 0.25) is 0 Å². The van der Waals surface area contributed by atoms with E-state index in [4.69, 9.17) is 0 Å². The molecule has 2 aromatic heterocycles. The largest absolute Gasteiger partial charge is 0.387 e. The molecule has 100 valence electrons. The minimum Gasteiger partial charge on any atom is -0.387 e. The molecule has 0 aliphatic carbocycles. The summed E-state index contributed by atoms with van der Waals surface area (Å²) in [5.41, 5.74) is 2.64. The lowest BCUT2D eigenvalue weighted by molar-refractivity contribution is 0.102. The molecule has 2 rings (SSSR count). The Kier molecular flexibility index (Phi) is 3.92. The molecule has 0 aromatic carbocycles. The number of nitrogens with zero attached hydrogens (tertiary/aromatic N) is 2. The molecule has 2 heterocycles. The zero-order chi connectivity index (χ0) is 14.0. The highest BCUT2D eigenvalue weighted by Crippen LogP contribution is 2.21. The number of hydrogen-bond donors (Lipinski definition) is 2. The maximum atomic E-state index is 12.1. The Morgan fingerprint density at radius 3 is 2.68 bits per heavy atom. The van der Waals surface area contributed by atoms with Crippen LogP contribution in [0, 0.1) is 13.8 Å². The number of pyridine rings is 1. The molecule has 0 aliphatic heterocycles. The molecule has 0 radical (unpaired) electrons. The second kappa shape index (κ2) is 5.46. The van der Waals surface area contributed by atoms with Crippen molar-refractivity contribution in [1.82, 2.24) is 9.97 Å². The Morgan fingerprint density at radius 2 is 2.11 bits per heavy atom. The van der Waals surface area contributed by atoms with Crippen LogP contribution in [0.5, 0.6) is 0 Å². The van der Waals surface area contributed by atoms with E-state index < -0.39 is 6.10 Å². The smallest absolute Gasteiger partial charge is 0.259 e. The monoisotopic (exact) mass is 277 g/mol. The molecule has 5 nitrogen and oxygen atoms in total. The summed E-state index contributed by atoms with van der Waals surface area (Å²) in [5, 5.41) is 14.3. The standard InChI is InChI=1S/C13H15N3O2S/c1-7-4-5-10(8(2)14-7)12(18)16-13-15-11(6-19-13)9(3)17/h4-6,9,17H,1-3H3,(H,15,16,18). The number of thiazole rings is 1. The van der Waals surface area contributed by atoms with Crippen LogP contribution in [0.3, 0.4) is 0 Å². The normalized spacial score (nSPS) is 12.2. The van der Waals surface area contributed by atoms with Crippen molar-refractivity contribution in [2.75, 3.05) is 5.32 Å². The van der Waals surface area contributed by atoms with E-state index in [-0.39, 0.29) is 5.91 Å². The maximum absolute atomic E-state index is 12.1. The van der Waals surface area contributed by atoms with Gasteiger partial charge in [0.1, 0.15) is 0 Å². The van der Waals surface area contributed by atoms with Gasteiger partial charge < -0.3 is 5.11 Å². The Hall–Kier alpha value is -1.79. The highest BCUT2D eigenvalue weighted by Gasteiger charge is 2.13. The number of aryl methyl sites for hydroxylation is 2. The summed E-state index contributed by atoms with van der Waals surface area (Å²) in [6, 6.07) is 3.54. The van der Waals surface area contributed by atoms with E-state index >= 15 is 0 Å². The first kappa shape index (κ1) is 13.6. The Labute approximate surface area is 115 Å². The predicted octanol–water partition coefficient (Wildman–Crippen LogP) is 2.46. The third-order valence-electron chi connectivity index (χ3n) is 2.64. The number of carbonyl (C=O) groups is 1. The van der Waals surface area contributed by atoms with Crippen molar-refractivity contribution >= 4 is 22.4 Å². The van der Waals surface area contributed by atoms with Crippen molar-refractivity contribution in [2.24, 2.45) is 0 Å². The van der Waals surface area contributed by atoms with E-state index in [1.54, 1.807) is 31.4 Å². The summed E-state index contributed by atoms with van der Waals surface area (Å²) in [4.78, 5) is 20.5. The van der Waals surface area contributed by atoms with Gasteiger partial charge in [-0.1, -0.05) is 0 Å². The van der Waals surface area contributed by atoms with Gasteiger partial charge in [0.2, 0.25) is 0 Å². The number of aromatic nitrogens is 2. The van der Waals surface area contributed by atoms with Gasteiger partial charge in [-0.15, -0.1) is 11.3 Å². The Balaban J connectivity index is 2.16. The maximum Gasteiger partial charge on any atom is 0.259 e. The summed E-state index contributed by atoms with van der Waals surface area (Å²) >= 11 is 1.29. The first-order valence-electron chi connectivity index (χ1n) is 5.86. The Morgan fingerprint density at radius 1 is 1.37 bits per heavy atom. The van der Waals surface area contributed by atoms with Crippen LogP contribution >= 0.6 is 11.3 Å². The number of carbonyl (C=O) groups excluding carboxylic acids is 1. The minimum atomic E-state index is -0.635. The fourth-order valence-electron chi connectivity index (χ4n) is 1.63. The minimum absolute atomic E-state index is 0.239. The summed E-state index contributed by atoms with van der Waals surface area (Å²) in [6.45, 7) is 5.31. The molecule has 2 N–H and O–H groups in total. The second-order valence-corrected chi connectivity index (χ2v) is 5.15. The molecule has 6 heteroatoms. The number of amides is 1. The molecule has 19 heavy (non-hydrogen) atoms. The molecule has 0 spiro atoms. The highest BCUT2D eigenvalue weighted by molar-refractivity contribution is 7.14. The molecular formula is C13H15N3O2S. The van der Waals surface area contributed by atoms with Crippen LogP contribution in [0.25, 0.3) is 0 Å². The van der Waals surface area contributed by atoms with Gasteiger partial charge in [-0.05, 0) is 32.9 Å². The van der Waals surface area contributed by atoms with Gasteiger partial charge in [-0.3, -0.25) is 15.1 Å². The van der Waals surface area contributed by atoms with E-state index in [0.717, 1.165) is 5.69 Å². The predicted molar refractivity (Wildman–Crippen MR) is 74.4 cm³/mol. The van der Waals surface area contributed by atoms with Gasteiger partial charge in [0.15, 0.2) is 5.13 Å². The van der Waals surface area contributed by atoms with Crippen LogP contribution in [-0.2, 0) is 0 Å². The molecule has 0 fully saturated rings. The van der Waals surface area contributed by atoms with Crippen molar-refractivity contribution in [2.45, 2.75) is 26.9 Å². The molecule has 1 unspecified atom stereocenters. The van der Waals surface area contributed by atoms with Crippen LogP contribution < -0.4 is 5.32 Å². The van der Waals surface area contributed by atoms with Gasteiger partial charge in [0.05, 0.1) is 23.1 Å². The SMILES string of the molecule is Cc1ccc(C(=O)Nc2nc(C(C)O)cs2)c(C)n1. The number of rotatable bonds is 3. The molecule has 0 bridgehead atoms. The lowest BCUT2D eigenvalue weighted by atomic mass is 10.2. The van der Waals surface area contributed by atoms with Crippen molar-refractivity contribution < 1.29 is 9.90 Å². The van der Waals surface area contributed by atoms with Gasteiger partial charge in [0, 0.05) is 11.1 Å². The zero-order valence-corrected chi connectivity index (χ0v) is 11.8. The van der Waals surface area contributed by atoms with E-state index in [0.29, 0.717) is 22.1 Å². The van der Waals surface area contributed by atoms with E-state index in [2.05, 4.69) is 15.3 Å².